The van der Waals surface area contributed by atoms with Crippen LogP contribution in [-0.4, -0.2) is 66.9 Å². The quantitative estimate of drug-likeness (QED) is 0.696. The van der Waals surface area contributed by atoms with Crippen LogP contribution in [0.1, 0.15) is 5.56 Å². The Morgan fingerprint density at radius 3 is 2.54 bits per heavy atom. The SMILES string of the molecule is Cc1ccc(Nc2ccc(N3CCN(C(=O)Cn4cncn4)CC3)nn2)nc1. The molecule has 4 heterocycles. The predicted octanol–water partition coefficient (Wildman–Crippen LogP) is 0.864. The number of hydrogen-bond acceptors (Lipinski definition) is 8. The first-order valence-corrected chi connectivity index (χ1v) is 9.06. The third kappa shape index (κ3) is 4.22. The van der Waals surface area contributed by atoms with Crippen LogP contribution in [0.25, 0.3) is 0 Å². The summed E-state index contributed by atoms with van der Waals surface area (Å²) in [5.41, 5.74) is 1.10. The Balaban J connectivity index is 1.30. The monoisotopic (exact) mass is 379 g/mol. The minimum absolute atomic E-state index is 0.0429. The van der Waals surface area contributed by atoms with Crippen LogP contribution in [0, 0.1) is 6.92 Å². The second kappa shape index (κ2) is 7.99. The van der Waals surface area contributed by atoms with Gasteiger partial charge in [0.25, 0.3) is 0 Å². The van der Waals surface area contributed by atoms with Crippen molar-refractivity contribution >= 4 is 23.4 Å². The van der Waals surface area contributed by atoms with Crippen LogP contribution in [0.3, 0.4) is 0 Å². The maximum atomic E-state index is 12.3. The summed E-state index contributed by atoms with van der Waals surface area (Å²) in [5, 5.41) is 15.7. The number of rotatable bonds is 5. The van der Waals surface area contributed by atoms with Gasteiger partial charge < -0.3 is 15.1 Å². The third-order valence-corrected chi connectivity index (χ3v) is 4.54. The van der Waals surface area contributed by atoms with Crippen LogP contribution in [0.4, 0.5) is 17.5 Å². The molecule has 0 aliphatic carbocycles. The maximum Gasteiger partial charge on any atom is 0.244 e. The van der Waals surface area contributed by atoms with Crippen LogP contribution in [-0.2, 0) is 11.3 Å². The normalized spacial score (nSPS) is 14.2. The van der Waals surface area contributed by atoms with Crippen molar-refractivity contribution < 1.29 is 4.79 Å². The molecule has 144 valence electrons. The molecule has 0 atom stereocenters. The molecule has 10 heteroatoms. The van der Waals surface area contributed by atoms with Crippen molar-refractivity contribution in [2.45, 2.75) is 13.5 Å². The maximum absolute atomic E-state index is 12.3. The van der Waals surface area contributed by atoms with Crippen molar-refractivity contribution in [2.24, 2.45) is 0 Å². The van der Waals surface area contributed by atoms with Gasteiger partial charge in [-0.1, -0.05) is 6.07 Å². The molecule has 10 nitrogen and oxygen atoms in total. The van der Waals surface area contributed by atoms with Crippen molar-refractivity contribution in [1.29, 1.82) is 0 Å². The third-order valence-electron chi connectivity index (χ3n) is 4.54. The number of nitrogens with zero attached hydrogens (tertiary/aromatic N) is 8. The van der Waals surface area contributed by atoms with Gasteiger partial charge in [0.2, 0.25) is 5.91 Å². The van der Waals surface area contributed by atoms with Crippen molar-refractivity contribution in [3.63, 3.8) is 0 Å². The van der Waals surface area contributed by atoms with Crippen molar-refractivity contribution in [3.05, 3.63) is 48.7 Å². The minimum Gasteiger partial charge on any atom is -0.352 e. The molecule has 0 spiro atoms. The second-order valence-electron chi connectivity index (χ2n) is 6.58. The van der Waals surface area contributed by atoms with Crippen LogP contribution < -0.4 is 10.2 Å². The number of nitrogens with one attached hydrogen (secondary N) is 1. The summed E-state index contributed by atoms with van der Waals surface area (Å²) in [6.45, 7) is 4.92. The zero-order valence-electron chi connectivity index (χ0n) is 15.6. The number of hydrogen-bond donors (Lipinski definition) is 1. The number of carbonyl (C=O) groups excluding carboxylic acids is 1. The lowest BCUT2D eigenvalue weighted by atomic mass is 10.3. The molecule has 28 heavy (non-hydrogen) atoms. The zero-order valence-corrected chi connectivity index (χ0v) is 15.6. The Bertz CT molecular complexity index is 901. The summed E-state index contributed by atoms with van der Waals surface area (Å²) >= 11 is 0. The van der Waals surface area contributed by atoms with E-state index in [2.05, 4.69) is 35.5 Å². The fraction of sp³-hybridized carbons (Fsp3) is 0.333. The first-order chi connectivity index (χ1) is 13.7. The molecule has 1 N–H and O–H groups in total. The summed E-state index contributed by atoms with van der Waals surface area (Å²) in [6, 6.07) is 7.70. The van der Waals surface area contributed by atoms with Gasteiger partial charge in [-0.25, -0.2) is 14.6 Å². The van der Waals surface area contributed by atoms with E-state index in [-0.39, 0.29) is 12.5 Å². The first-order valence-electron chi connectivity index (χ1n) is 9.06. The van der Waals surface area contributed by atoms with E-state index in [1.54, 1.807) is 12.5 Å². The molecule has 1 aliphatic heterocycles. The smallest absolute Gasteiger partial charge is 0.244 e. The largest absolute Gasteiger partial charge is 0.352 e. The van der Waals surface area contributed by atoms with Crippen LogP contribution >= 0.6 is 0 Å². The fourth-order valence-corrected chi connectivity index (χ4v) is 2.97. The molecule has 0 saturated carbocycles. The number of anilines is 3. The average molecular weight is 379 g/mol. The highest BCUT2D eigenvalue weighted by atomic mass is 16.2. The molecular formula is C18H21N9O. The number of piperazine rings is 1. The van der Waals surface area contributed by atoms with Crippen molar-refractivity contribution in [2.75, 3.05) is 36.4 Å². The molecule has 1 amide bonds. The van der Waals surface area contributed by atoms with Gasteiger partial charge in [-0.2, -0.15) is 5.10 Å². The van der Waals surface area contributed by atoms with Gasteiger partial charge in [0, 0.05) is 32.4 Å². The van der Waals surface area contributed by atoms with Crippen molar-refractivity contribution in [1.82, 2.24) is 34.8 Å². The van der Waals surface area contributed by atoms with E-state index in [1.165, 1.54) is 11.0 Å². The number of aryl methyl sites for hydroxylation is 1. The molecule has 3 aromatic rings. The Kier molecular flexibility index (Phi) is 5.09. The van der Waals surface area contributed by atoms with E-state index in [9.17, 15) is 4.79 Å². The highest BCUT2D eigenvalue weighted by Gasteiger charge is 2.22. The average Bonchev–Trinajstić information content (AvgIpc) is 3.23. The van der Waals surface area contributed by atoms with E-state index in [1.807, 2.05) is 36.1 Å². The van der Waals surface area contributed by atoms with Gasteiger partial charge in [-0.3, -0.25) is 4.79 Å². The zero-order chi connectivity index (χ0) is 19.3. The second-order valence-corrected chi connectivity index (χ2v) is 6.58. The summed E-state index contributed by atoms with van der Waals surface area (Å²) in [7, 11) is 0. The first kappa shape index (κ1) is 17.8. The molecule has 1 saturated heterocycles. The predicted molar refractivity (Wildman–Crippen MR) is 103 cm³/mol. The Hall–Kier alpha value is -3.56. The molecule has 0 unspecified atom stereocenters. The lowest BCUT2D eigenvalue weighted by molar-refractivity contribution is -0.132. The molecule has 0 bridgehead atoms. The number of aromatic nitrogens is 6. The molecule has 3 aromatic heterocycles. The number of amides is 1. The molecule has 4 rings (SSSR count). The summed E-state index contributed by atoms with van der Waals surface area (Å²) < 4.78 is 1.54. The molecule has 1 fully saturated rings. The van der Waals surface area contributed by atoms with E-state index in [4.69, 9.17) is 0 Å². The van der Waals surface area contributed by atoms with Gasteiger partial charge in [-0.15, -0.1) is 10.2 Å². The van der Waals surface area contributed by atoms with E-state index in [0.29, 0.717) is 32.0 Å². The Labute approximate surface area is 162 Å². The van der Waals surface area contributed by atoms with Gasteiger partial charge in [0.15, 0.2) is 11.6 Å². The van der Waals surface area contributed by atoms with Crippen molar-refractivity contribution in [3.8, 4) is 0 Å². The van der Waals surface area contributed by atoms with Gasteiger partial charge in [0.05, 0.1) is 0 Å². The van der Waals surface area contributed by atoms with E-state index in [0.717, 1.165) is 17.2 Å². The van der Waals surface area contributed by atoms with Crippen LogP contribution in [0.15, 0.2) is 43.1 Å². The Morgan fingerprint density at radius 1 is 1.07 bits per heavy atom. The summed E-state index contributed by atoms with van der Waals surface area (Å²) in [6.07, 6.45) is 4.77. The van der Waals surface area contributed by atoms with Gasteiger partial charge in [0.1, 0.15) is 25.0 Å². The standard InChI is InChI=1S/C18H21N9O/c1-14-2-3-15(20-10-14)22-16-4-5-17(24-23-16)25-6-8-26(9-7-25)18(28)11-27-13-19-12-21-27/h2-5,10,12-13H,6-9,11H2,1H3,(H,20,22,23). The van der Waals surface area contributed by atoms with E-state index < -0.39 is 0 Å². The summed E-state index contributed by atoms with van der Waals surface area (Å²) in [4.78, 5) is 24.4. The highest BCUT2D eigenvalue weighted by molar-refractivity contribution is 5.76. The molecular weight excluding hydrogens is 358 g/mol. The minimum atomic E-state index is 0.0429. The van der Waals surface area contributed by atoms with E-state index >= 15 is 0 Å². The van der Waals surface area contributed by atoms with Crippen LogP contribution in [0.5, 0.6) is 0 Å². The Morgan fingerprint density at radius 2 is 1.89 bits per heavy atom. The lowest BCUT2D eigenvalue weighted by Crippen LogP contribution is -2.49. The summed E-state index contributed by atoms with van der Waals surface area (Å²) in [5.74, 6) is 2.21. The van der Waals surface area contributed by atoms with Gasteiger partial charge in [-0.05, 0) is 30.7 Å². The van der Waals surface area contributed by atoms with Crippen LogP contribution in [0.2, 0.25) is 0 Å². The fourth-order valence-electron chi connectivity index (χ4n) is 2.97. The number of carbonyl (C=O) groups is 1. The molecule has 1 aliphatic rings. The molecule has 0 radical (unpaired) electrons. The number of pyridine rings is 1. The topological polar surface area (TPSA) is 105 Å². The highest BCUT2D eigenvalue weighted by Crippen LogP contribution is 2.17. The molecule has 0 aromatic carbocycles. The van der Waals surface area contributed by atoms with Gasteiger partial charge >= 0.3 is 0 Å². The lowest BCUT2D eigenvalue weighted by Gasteiger charge is -2.35.